The van der Waals surface area contributed by atoms with E-state index in [1.807, 2.05) is 86.9 Å². The molecule has 0 saturated carbocycles. The quantitative estimate of drug-likeness (QED) is 0.0384. The van der Waals surface area contributed by atoms with E-state index in [4.69, 9.17) is 9.47 Å². The van der Waals surface area contributed by atoms with E-state index in [9.17, 15) is 59.8 Å². The second-order valence-electron chi connectivity index (χ2n) is 26.9. The number of piperidine rings is 2. The van der Waals surface area contributed by atoms with Crippen LogP contribution in [0.3, 0.4) is 0 Å². The van der Waals surface area contributed by atoms with Gasteiger partial charge in [-0.25, -0.2) is 9.18 Å². The molecule has 1 N–H and O–H groups in total. The lowest BCUT2D eigenvalue weighted by Gasteiger charge is -2.44. The molecular formula is C75H88F7N9O8. The van der Waals surface area contributed by atoms with Crippen molar-refractivity contribution in [2.75, 3.05) is 118 Å². The van der Waals surface area contributed by atoms with Crippen molar-refractivity contribution in [1.29, 1.82) is 0 Å². The molecule has 530 valence electrons. The molecule has 4 aliphatic rings. The van der Waals surface area contributed by atoms with Crippen molar-refractivity contribution in [2.24, 2.45) is 0 Å². The number of amides is 5. The van der Waals surface area contributed by atoms with Crippen LogP contribution in [0.1, 0.15) is 118 Å². The number of likely N-dealkylation sites (tertiary alicyclic amines) is 2. The SMILES string of the molecule is CN(CCCCCC(=O)N(C)CCN1CCC(N(C(=O)O)c2ccccc2-c2ccccc2)CC1)Cc1ccc(C(=O)N(C)CCCN(C)C(=O)CO[C@H]2Cc3ccccc3C23CCN(CC[C@]2(c4ccc(F)cc4)CN(C(=O)c4cc(C(F)(F)F)cc(C(F)(F)F)c4)CO2)CC3)nc1. The Hall–Kier alpha value is -8.29. The minimum Gasteiger partial charge on any atom is -0.465 e. The first-order chi connectivity index (χ1) is 47.3. The molecule has 3 fully saturated rings. The maximum absolute atomic E-state index is 14.2. The van der Waals surface area contributed by atoms with E-state index < -0.39 is 64.6 Å². The Balaban J connectivity index is 0.614. The molecule has 99 heavy (non-hydrogen) atoms. The van der Waals surface area contributed by atoms with Gasteiger partial charge in [0.15, 0.2) is 0 Å². The van der Waals surface area contributed by atoms with Crippen LogP contribution in [0.25, 0.3) is 11.1 Å². The van der Waals surface area contributed by atoms with Gasteiger partial charge in [0, 0.05) is 109 Å². The Morgan fingerprint density at radius 1 is 0.677 bits per heavy atom. The van der Waals surface area contributed by atoms with Crippen LogP contribution in [-0.2, 0) is 55.4 Å². The third kappa shape index (κ3) is 18.2. The molecule has 6 aromatic rings. The van der Waals surface area contributed by atoms with E-state index >= 15 is 0 Å². The number of benzene rings is 5. The summed E-state index contributed by atoms with van der Waals surface area (Å²) in [5.74, 6) is -1.94. The molecule has 4 heterocycles. The number of carboxylic acid groups (broad SMARTS) is 1. The van der Waals surface area contributed by atoms with Crippen LogP contribution in [0.5, 0.6) is 0 Å². The minimum atomic E-state index is -5.15. The van der Waals surface area contributed by atoms with E-state index in [1.54, 1.807) is 41.1 Å². The Kier molecular flexibility index (Phi) is 24.0. The van der Waals surface area contributed by atoms with Crippen LogP contribution in [0.4, 0.5) is 41.2 Å². The number of likely N-dealkylation sites (N-methyl/N-ethyl adjacent to an activating group) is 2. The van der Waals surface area contributed by atoms with Gasteiger partial charge >= 0.3 is 18.4 Å². The van der Waals surface area contributed by atoms with Gasteiger partial charge in [0.25, 0.3) is 11.8 Å². The average molecular weight is 1380 g/mol. The van der Waals surface area contributed by atoms with Crippen molar-refractivity contribution in [2.45, 2.75) is 113 Å². The molecular weight excluding hydrogens is 1290 g/mol. The van der Waals surface area contributed by atoms with Crippen LogP contribution >= 0.6 is 0 Å². The number of para-hydroxylation sites is 1. The molecule has 10 rings (SSSR count). The van der Waals surface area contributed by atoms with Gasteiger partial charge in [-0.1, -0.05) is 97.4 Å². The van der Waals surface area contributed by atoms with Crippen LogP contribution in [0.2, 0.25) is 0 Å². The van der Waals surface area contributed by atoms with Gasteiger partial charge in [-0.15, -0.1) is 0 Å². The van der Waals surface area contributed by atoms with Crippen LogP contribution in [-0.4, -0.2) is 200 Å². The first-order valence-corrected chi connectivity index (χ1v) is 34.0. The van der Waals surface area contributed by atoms with Gasteiger partial charge in [-0.2, -0.15) is 26.3 Å². The van der Waals surface area contributed by atoms with E-state index in [-0.39, 0.29) is 55.5 Å². The molecule has 1 aromatic heterocycles. The summed E-state index contributed by atoms with van der Waals surface area (Å²) in [6.45, 7) is 5.88. The summed E-state index contributed by atoms with van der Waals surface area (Å²) in [6.07, 6.45) is -2.66. The zero-order valence-electron chi connectivity index (χ0n) is 56.6. The van der Waals surface area contributed by atoms with Crippen molar-refractivity contribution in [3.8, 4) is 11.1 Å². The fourth-order valence-corrected chi connectivity index (χ4v) is 14.4. The predicted octanol–water partition coefficient (Wildman–Crippen LogP) is 12.3. The molecule has 1 aliphatic carbocycles. The van der Waals surface area contributed by atoms with Gasteiger partial charge in [-0.05, 0) is 155 Å². The van der Waals surface area contributed by atoms with Crippen LogP contribution < -0.4 is 4.90 Å². The summed E-state index contributed by atoms with van der Waals surface area (Å²) in [5.41, 5.74) is 0.921. The number of anilines is 1. The van der Waals surface area contributed by atoms with Crippen LogP contribution in [0.15, 0.2) is 140 Å². The number of aromatic nitrogens is 1. The number of halogens is 7. The molecule has 2 atom stereocenters. The summed E-state index contributed by atoms with van der Waals surface area (Å²) in [4.78, 5) is 85.5. The molecule has 24 heteroatoms. The predicted molar refractivity (Wildman–Crippen MR) is 361 cm³/mol. The lowest BCUT2D eigenvalue weighted by molar-refractivity contribution is -0.143. The van der Waals surface area contributed by atoms with Gasteiger partial charge in [-0.3, -0.25) is 29.1 Å². The smallest absolute Gasteiger partial charge is 0.416 e. The lowest BCUT2D eigenvalue weighted by atomic mass is 9.72. The topological polar surface area (TPSA) is 163 Å². The zero-order valence-corrected chi connectivity index (χ0v) is 56.6. The summed E-state index contributed by atoms with van der Waals surface area (Å²) < 4.78 is 110. The molecule has 3 aliphatic heterocycles. The molecule has 5 amide bonds. The third-order valence-corrected chi connectivity index (χ3v) is 20.2. The summed E-state index contributed by atoms with van der Waals surface area (Å²) in [7, 11) is 7.30. The largest absolute Gasteiger partial charge is 0.465 e. The van der Waals surface area contributed by atoms with Crippen molar-refractivity contribution in [1.82, 2.24) is 39.3 Å². The van der Waals surface area contributed by atoms with E-state index in [2.05, 4.69) is 31.8 Å². The molecule has 3 saturated heterocycles. The number of rotatable bonds is 27. The molecule has 1 spiro atoms. The highest BCUT2D eigenvalue weighted by atomic mass is 19.4. The number of pyridine rings is 1. The van der Waals surface area contributed by atoms with E-state index in [0.717, 1.165) is 78.2 Å². The fourth-order valence-electron chi connectivity index (χ4n) is 14.4. The molecule has 0 bridgehead atoms. The third-order valence-electron chi connectivity index (χ3n) is 20.2. The van der Waals surface area contributed by atoms with Crippen molar-refractivity contribution < 1.29 is 69.3 Å². The van der Waals surface area contributed by atoms with Gasteiger partial charge < -0.3 is 48.9 Å². The first-order valence-electron chi connectivity index (χ1n) is 34.0. The Bertz CT molecular complexity index is 3710. The summed E-state index contributed by atoms with van der Waals surface area (Å²) >= 11 is 0. The monoisotopic (exact) mass is 1380 g/mol. The number of fused-ring (bicyclic) bond motifs is 2. The lowest BCUT2D eigenvalue weighted by Crippen LogP contribution is -2.50. The molecule has 0 unspecified atom stereocenters. The second-order valence-corrected chi connectivity index (χ2v) is 26.9. The zero-order chi connectivity index (χ0) is 70.7. The van der Waals surface area contributed by atoms with Gasteiger partial charge in [0.1, 0.15) is 30.4 Å². The number of carbonyl (C=O) groups excluding carboxylic acids is 4. The summed E-state index contributed by atoms with van der Waals surface area (Å²) in [6, 6.07) is 35.3. The highest BCUT2D eigenvalue weighted by molar-refractivity contribution is 5.95. The highest BCUT2D eigenvalue weighted by Gasteiger charge is 2.50. The first kappa shape index (κ1) is 73.4. The Morgan fingerprint density at radius 2 is 1.32 bits per heavy atom. The van der Waals surface area contributed by atoms with Crippen molar-refractivity contribution in [3.05, 3.63) is 190 Å². The van der Waals surface area contributed by atoms with E-state index in [0.29, 0.717) is 120 Å². The number of carbonyl (C=O) groups is 5. The number of ether oxygens (including phenoxy) is 2. The number of unbranched alkanes of at least 4 members (excludes halogenated alkanes) is 2. The summed E-state index contributed by atoms with van der Waals surface area (Å²) in [5, 5.41) is 10.4. The maximum atomic E-state index is 14.2. The van der Waals surface area contributed by atoms with Crippen molar-refractivity contribution >= 4 is 35.4 Å². The fraction of sp³-hybridized carbons (Fsp3) is 0.467. The highest BCUT2D eigenvalue weighted by Crippen LogP contribution is 2.49. The number of hydrogen-bond donors (Lipinski definition) is 1. The Labute approximate surface area is 574 Å². The number of alkyl halides is 6. The van der Waals surface area contributed by atoms with Gasteiger partial charge in [0.2, 0.25) is 11.8 Å². The van der Waals surface area contributed by atoms with E-state index in [1.165, 1.54) is 29.2 Å². The minimum absolute atomic E-state index is 0.0296. The van der Waals surface area contributed by atoms with Gasteiger partial charge in [0.05, 0.1) is 29.5 Å². The number of hydrogen-bond acceptors (Lipinski definition) is 11. The normalized spacial score (nSPS) is 18.2. The second kappa shape index (κ2) is 32.4. The molecule has 17 nitrogen and oxygen atoms in total. The van der Waals surface area contributed by atoms with Crippen LogP contribution in [0, 0.1) is 5.82 Å². The number of nitrogens with zero attached hydrogens (tertiary/aromatic N) is 9. The molecule has 5 aromatic carbocycles. The molecule has 0 radical (unpaired) electrons. The standard InChI is InChI=1S/C75H88F7N9O8/c1-84(34-14-6-9-22-67(92)86(3)42-43-88-37-29-61(30-38-88)91(71(96)97)65-21-13-11-19-62(65)54-16-7-5-8-17-54)49-53-23-28-64(83-48-53)70(95)87(4)36-15-35-85(2)68(93)50-98-66-46-55-18-10-12-20-63(55)72(66)31-39-89(40-32-72)41-33-73(57-24-26-60(76)27-25-57)51-90(52-99-73)69(94)56-44-58(74(77,78)79)47-59(45-56)75(80,81)82/h5,7-8,10-13,16-21,23-28,44-45,47-48,61,66H,6,9,14-15,22,29-43,46,49-52H2,1-4H3,(H,96,97)/t66-,73+/m0/s1. The van der Waals surface area contributed by atoms with Crippen molar-refractivity contribution in [3.63, 3.8) is 0 Å². The average Bonchev–Trinajstić information content (AvgIpc) is 1.67. The maximum Gasteiger partial charge on any atom is 0.416 e. The Morgan fingerprint density at radius 3 is 2.00 bits per heavy atom.